The number of hydrogen-bond acceptors (Lipinski definition) is 0. The minimum absolute atomic E-state index is 0. The summed E-state index contributed by atoms with van der Waals surface area (Å²) in [5.74, 6) is 3.29. The monoisotopic (exact) mass is 395 g/mol. The van der Waals surface area contributed by atoms with Gasteiger partial charge in [-0.1, -0.05) is 5.92 Å². The zero-order valence-electron chi connectivity index (χ0n) is 6.90. The van der Waals surface area contributed by atoms with Crippen molar-refractivity contribution >= 4 is 0 Å². The van der Waals surface area contributed by atoms with Crippen LogP contribution < -0.4 is 24.8 Å². The van der Waals surface area contributed by atoms with E-state index >= 15 is 0 Å². The summed E-state index contributed by atoms with van der Waals surface area (Å²) in [5.41, 5.74) is 0. The van der Waals surface area contributed by atoms with Crippen LogP contribution in [0.15, 0.2) is 18.2 Å². The molecule has 0 amide bonds. The van der Waals surface area contributed by atoms with Gasteiger partial charge in [0.2, 0.25) is 6.08 Å². The first-order valence-corrected chi connectivity index (χ1v) is 4.06. The molecule has 0 saturated heterocycles. The van der Waals surface area contributed by atoms with Crippen molar-refractivity contribution in [2.75, 3.05) is 0 Å². The molecule has 0 heterocycles. The fourth-order valence-electron chi connectivity index (χ4n) is 2.62. The summed E-state index contributed by atoms with van der Waals surface area (Å²) in [6.07, 6.45) is 14.0. The van der Waals surface area contributed by atoms with Crippen LogP contribution in [0.2, 0.25) is 0 Å². The van der Waals surface area contributed by atoms with Gasteiger partial charge in [-0.05, 0) is 5.92 Å². The second kappa shape index (κ2) is 4.85. The fraction of sp³-hybridized carbons (Fsp3) is 0.500. The molecule has 3 aliphatic rings. The smallest absolute Gasteiger partial charge is 1.00 e. The maximum atomic E-state index is 3.43. The van der Waals surface area contributed by atoms with E-state index in [2.05, 4.69) is 30.7 Å². The van der Waals surface area contributed by atoms with E-state index in [1.807, 2.05) is 0 Å². The summed E-state index contributed by atoms with van der Waals surface area (Å²) < 4.78 is 0. The summed E-state index contributed by atoms with van der Waals surface area (Å²) in [4.78, 5) is 0. The summed E-state index contributed by atoms with van der Waals surface area (Å²) in [5, 5.41) is 0. The van der Waals surface area contributed by atoms with Crippen molar-refractivity contribution in [2.24, 2.45) is 23.7 Å². The number of halogens is 2. The largest absolute Gasteiger partial charge is 2.00 e. The van der Waals surface area contributed by atoms with Crippen LogP contribution in [0.25, 0.3) is 0 Å². The van der Waals surface area contributed by atoms with Crippen LogP contribution >= 0.6 is 0 Å². The number of fused-ring (bicyclic) bond motifs is 5. The van der Waals surface area contributed by atoms with E-state index in [-0.39, 0.29) is 45.9 Å². The van der Waals surface area contributed by atoms with Gasteiger partial charge in [0.05, 0.1) is 0 Å². The third-order valence-electron chi connectivity index (χ3n) is 3.12. The average molecular weight is 396 g/mol. The second-order valence-corrected chi connectivity index (χ2v) is 3.57. The van der Waals surface area contributed by atoms with Gasteiger partial charge in [-0.3, -0.25) is 0 Å². The molecule has 4 unspecified atom stereocenters. The Morgan fingerprint density at radius 3 is 2.77 bits per heavy atom. The summed E-state index contributed by atoms with van der Waals surface area (Å²) in [6.45, 7) is 0. The van der Waals surface area contributed by atoms with Crippen LogP contribution in [-0.2, 0) is 21.1 Å². The third kappa shape index (κ3) is 1.83. The molecule has 0 N–H and O–H groups in total. The molecule has 3 aliphatic carbocycles. The van der Waals surface area contributed by atoms with Gasteiger partial charge in [0, 0.05) is 12.3 Å². The second-order valence-electron chi connectivity index (χ2n) is 3.57. The van der Waals surface area contributed by atoms with Gasteiger partial charge in [-0.2, -0.15) is 0 Å². The van der Waals surface area contributed by atoms with Crippen LogP contribution in [-0.4, -0.2) is 0 Å². The van der Waals surface area contributed by atoms with Crippen LogP contribution in [0.5, 0.6) is 0 Å². The Hall–Kier alpha value is 0.528. The standard InChI is InChI=1S/C10H10.2ClH.Pt/c1-2-9-7-4-5-8(6-7)10(9)3-1;;;/h1-4,7-10H,6H2;2*1H;/q;;;+2/p-2. The van der Waals surface area contributed by atoms with Gasteiger partial charge >= 0.3 is 21.1 Å². The molecule has 13 heavy (non-hydrogen) atoms. The van der Waals surface area contributed by atoms with Crippen molar-refractivity contribution in [1.29, 1.82) is 0 Å². The predicted molar refractivity (Wildman–Crippen MR) is 39.8 cm³/mol. The molecule has 0 aliphatic heterocycles. The molecule has 0 nitrogen and oxygen atoms in total. The van der Waals surface area contributed by atoms with Crippen LogP contribution in [0.3, 0.4) is 0 Å². The first-order chi connectivity index (χ1) is 4.95. The molecule has 0 aromatic carbocycles. The van der Waals surface area contributed by atoms with Crippen LogP contribution in [0.1, 0.15) is 6.42 Å². The van der Waals surface area contributed by atoms with Crippen molar-refractivity contribution in [3.63, 3.8) is 0 Å². The van der Waals surface area contributed by atoms with Crippen molar-refractivity contribution in [3.05, 3.63) is 30.7 Å². The van der Waals surface area contributed by atoms with E-state index in [0.717, 1.165) is 23.7 Å². The van der Waals surface area contributed by atoms with Gasteiger partial charge in [-0.15, -0.1) is 0 Å². The SMILES string of the molecule is [C+]1=CC2CC1C1[CH-]C=CC21.[Cl-].[Cl-].[Pt+2]. The Balaban J connectivity index is 0.000000480. The van der Waals surface area contributed by atoms with Crippen molar-refractivity contribution < 1.29 is 45.9 Å². The Labute approximate surface area is 106 Å². The molecule has 0 spiro atoms. The van der Waals surface area contributed by atoms with Crippen molar-refractivity contribution in [3.8, 4) is 0 Å². The van der Waals surface area contributed by atoms with E-state index in [1.165, 1.54) is 6.42 Å². The van der Waals surface area contributed by atoms with Gasteiger partial charge < -0.3 is 24.8 Å². The maximum Gasteiger partial charge on any atom is 2.00 e. The third-order valence-corrected chi connectivity index (χ3v) is 3.12. The van der Waals surface area contributed by atoms with Gasteiger partial charge in [0.25, 0.3) is 0 Å². The molecule has 0 aromatic heterocycles. The quantitative estimate of drug-likeness (QED) is 0.367. The first kappa shape index (κ1) is 13.5. The number of allylic oxidation sites excluding steroid dienone is 4. The molecule has 3 rings (SSSR count). The Morgan fingerprint density at radius 1 is 1.31 bits per heavy atom. The zero-order chi connectivity index (χ0) is 6.55. The minimum Gasteiger partial charge on any atom is -1.00 e. The molecule has 1 fully saturated rings. The molecule has 3 heteroatoms. The molecule has 0 radical (unpaired) electrons. The molecule has 74 valence electrons. The number of hydrogen-bond donors (Lipinski definition) is 0. The van der Waals surface area contributed by atoms with E-state index in [9.17, 15) is 0 Å². The van der Waals surface area contributed by atoms with Crippen molar-refractivity contribution in [2.45, 2.75) is 6.42 Å². The van der Waals surface area contributed by atoms with Crippen LogP contribution in [0, 0.1) is 36.2 Å². The number of rotatable bonds is 0. The summed E-state index contributed by atoms with van der Waals surface area (Å²) in [7, 11) is 0. The van der Waals surface area contributed by atoms with E-state index < -0.39 is 0 Å². The molecular formula is C10H10Cl2Pt. The molecule has 0 aromatic rings. The maximum absolute atomic E-state index is 3.43. The molecule has 1 saturated carbocycles. The minimum atomic E-state index is 0. The predicted octanol–water partition coefficient (Wildman–Crippen LogP) is -3.99. The van der Waals surface area contributed by atoms with Crippen LogP contribution in [0.4, 0.5) is 0 Å². The fourth-order valence-corrected chi connectivity index (χ4v) is 2.62. The van der Waals surface area contributed by atoms with E-state index in [0.29, 0.717) is 0 Å². The normalized spacial score (nSPS) is 40.6. The molecule has 4 atom stereocenters. The first-order valence-electron chi connectivity index (χ1n) is 4.06. The Morgan fingerprint density at radius 2 is 2.08 bits per heavy atom. The molecular weight excluding hydrogens is 386 g/mol. The van der Waals surface area contributed by atoms with Gasteiger partial charge in [-0.25, -0.2) is 18.6 Å². The van der Waals surface area contributed by atoms with Gasteiger partial charge in [0.15, 0.2) is 12.0 Å². The topological polar surface area (TPSA) is 0 Å². The van der Waals surface area contributed by atoms with E-state index in [4.69, 9.17) is 0 Å². The van der Waals surface area contributed by atoms with E-state index in [1.54, 1.807) is 0 Å². The Bertz CT molecular complexity index is 225. The summed E-state index contributed by atoms with van der Waals surface area (Å²) >= 11 is 0. The summed E-state index contributed by atoms with van der Waals surface area (Å²) in [6, 6.07) is 0. The average Bonchev–Trinajstić information content (AvgIpc) is 2.60. The van der Waals surface area contributed by atoms with Crippen molar-refractivity contribution in [1.82, 2.24) is 0 Å². The Kier molecular flexibility index (Phi) is 5.05. The molecule has 2 bridgehead atoms. The van der Waals surface area contributed by atoms with Gasteiger partial charge in [0.1, 0.15) is 0 Å². The zero-order valence-corrected chi connectivity index (χ0v) is 10.7.